The van der Waals surface area contributed by atoms with E-state index >= 15 is 0 Å². The SMILES string of the molecule is CCC(C)(C)C(=O)OC(C)(C)C12CC3CC(CC(C3)C1)C2.CCC(C)(C)C(=O)OC1(CC)C2CC3CC(C2)CC1C3.CCC(C)(C)C(=O)OC12CC3CC(O)(CC(O)(C3)C1)C2. The highest BCUT2D eigenvalue weighted by Crippen LogP contribution is 2.65. The number of hydrogen-bond donors (Lipinski definition) is 2. The standard InChI is InChI=1S/C19H32O2.C18H30O2.C16H26O4/c1-6-17(2,3)16(20)21-18(4,5)19-10-13-7-14(11-19)9-15(8-13)12-19;1-5-17(3,4)16(19)20-18(6-2)14-8-12-7-13(10-14)11-15(18)9-12;1-4-13(2,3)12(17)20-16-7-11-5-14(18,9-16)8-15(19,6-11)10-16/h13-15H,6-12H2,1-5H3;12-15H,5-11H2,1-4H3;11,18-19H,4-10H2,1-3H3. The molecule has 0 aromatic rings. The fraction of sp³-hybridized carbons (Fsp3) is 0.943. The number of rotatable bonds is 11. The van der Waals surface area contributed by atoms with Crippen LogP contribution in [0, 0.1) is 69.0 Å². The molecule has 2 atom stereocenters. The van der Waals surface area contributed by atoms with Crippen LogP contribution in [-0.4, -0.2) is 56.1 Å². The first-order chi connectivity index (χ1) is 28.2. The summed E-state index contributed by atoms with van der Waals surface area (Å²) < 4.78 is 18.3. The molecule has 12 rings (SSSR count). The lowest BCUT2D eigenvalue weighted by atomic mass is 9.46. The molecule has 8 nitrogen and oxygen atoms in total. The van der Waals surface area contributed by atoms with E-state index in [0.29, 0.717) is 31.1 Å². The lowest BCUT2D eigenvalue weighted by molar-refractivity contribution is -0.264. The zero-order chi connectivity index (χ0) is 44.8. The lowest BCUT2D eigenvalue weighted by Crippen LogP contribution is -2.67. The van der Waals surface area contributed by atoms with Crippen molar-refractivity contribution in [3.05, 3.63) is 0 Å². The second kappa shape index (κ2) is 16.0. The molecule has 0 amide bonds. The van der Waals surface area contributed by atoms with Gasteiger partial charge in [0.2, 0.25) is 0 Å². The Labute approximate surface area is 370 Å². The van der Waals surface area contributed by atoms with E-state index in [-0.39, 0.29) is 51.3 Å². The molecule has 0 aromatic carbocycles. The van der Waals surface area contributed by atoms with Crippen LogP contribution in [0.5, 0.6) is 0 Å². The molecular formula is C53H88O8. The fourth-order valence-corrected chi connectivity index (χ4v) is 15.6. The predicted octanol–water partition coefficient (Wildman–Crippen LogP) is 11.7. The summed E-state index contributed by atoms with van der Waals surface area (Å²) in [5.74, 6) is 5.93. The van der Waals surface area contributed by atoms with Gasteiger partial charge < -0.3 is 24.4 Å². The fourth-order valence-electron chi connectivity index (χ4n) is 15.6. The van der Waals surface area contributed by atoms with Gasteiger partial charge >= 0.3 is 17.9 Å². The molecule has 12 saturated carbocycles. The highest BCUT2D eigenvalue weighted by atomic mass is 16.6. The third-order valence-electron chi connectivity index (χ3n) is 19.6. The summed E-state index contributed by atoms with van der Waals surface area (Å²) >= 11 is 0. The Bertz CT molecular complexity index is 1570. The zero-order valence-corrected chi connectivity index (χ0v) is 40.8. The smallest absolute Gasteiger partial charge is 0.312 e. The van der Waals surface area contributed by atoms with Crippen LogP contribution < -0.4 is 0 Å². The first kappa shape index (κ1) is 47.3. The van der Waals surface area contributed by atoms with Crippen molar-refractivity contribution >= 4 is 17.9 Å². The van der Waals surface area contributed by atoms with Gasteiger partial charge in [-0.15, -0.1) is 0 Å². The summed E-state index contributed by atoms with van der Waals surface area (Å²) in [4.78, 5) is 37.6. The Hall–Kier alpha value is -1.67. The topological polar surface area (TPSA) is 119 Å². The average Bonchev–Trinajstić information content (AvgIpc) is 3.14. The summed E-state index contributed by atoms with van der Waals surface area (Å²) in [5.41, 5.74) is -3.72. The molecule has 348 valence electrons. The van der Waals surface area contributed by atoms with Crippen LogP contribution in [0.3, 0.4) is 0 Å². The monoisotopic (exact) mass is 853 g/mol. The average molecular weight is 853 g/mol. The van der Waals surface area contributed by atoms with Crippen LogP contribution >= 0.6 is 0 Å². The third-order valence-corrected chi connectivity index (χ3v) is 19.6. The quantitative estimate of drug-likeness (QED) is 0.156. The molecule has 0 saturated heterocycles. The predicted molar refractivity (Wildman–Crippen MR) is 239 cm³/mol. The van der Waals surface area contributed by atoms with Crippen LogP contribution in [-0.2, 0) is 28.6 Å². The number of esters is 3. The number of carbonyl (C=O) groups is 3. The van der Waals surface area contributed by atoms with E-state index in [0.717, 1.165) is 74.5 Å². The van der Waals surface area contributed by atoms with Gasteiger partial charge in [-0.2, -0.15) is 0 Å². The van der Waals surface area contributed by atoms with Crippen molar-refractivity contribution in [2.75, 3.05) is 0 Å². The number of aliphatic hydroxyl groups is 2. The van der Waals surface area contributed by atoms with Crippen molar-refractivity contribution in [2.24, 2.45) is 69.0 Å². The van der Waals surface area contributed by atoms with Crippen molar-refractivity contribution in [3.63, 3.8) is 0 Å². The van der Waals surface area contributed by atoms with Gasteiger partial charge in [0.05, 0.1) is 27.4 Å². The highest BCUT2D eigenvalue weighted by Gasteiger charge is 2.65. The molecule has 0 heterocycles. The second-order valence-corrected chi connectivity index (χ2v) is 25.8. The van der Waals surface area contributed by atoms with Gasteiger partial charge in [0.25, 0.3) is 0 Å². The Morgan fingerprint density at radius 1 is 0.492 bits per heavy atom. The van der Waals surface area contributed by atoms with Crippen molar-refractivity contribution in [3.8, 4) is 0 Å². The molecule has 12 bridgehead atoms. The molecule has 12 aliphatic carbocycles. The van der Waals surface area contributed by atoms with Crippen molar-refractivity contribution in [2.45, 2.75) is 246 Å². The minimum absolute atomic E-state index is 0.00857. The summed E-state index contributed by atoms with van der Waals surface area (Å²) in [6.45, 7) is 24.6. The van der Waals surface area contributed by atoms with E-state index in [4.69, 9.17) is 14.2 Å². The Kier molecular flexibility index (Phi) is 12.4. The molecule has 8 heteroatoms. The van der Waals surface area contributed by atoms with Crippen molar-refractivity contribution in [1.29, 1.82) is 0 Å². The number of hydrogen-bond acceptors (Lipinski definition) is 8. The molecule has 2 N–H and O–H groups in total. The summed E-state index contributed by atoms with van der Waals surface area (Å²) in [5, 5.41) is 21.3. The molecule has 61 heavy (non-hydrogen) atoms. The summed E-state index contributed by atoms with van der Waals surface area (Å²) in [7, 11) is 0. The van der Waals surface area contributed by atoms with E-state index in [2.05, 4.69) is 34.6 Å². The molecule has 2 unspecified atom stereocenters. The molecular weight excluding hydrogens is 765 g/mol. The van der Waals surface area contributed by atoms with Crippen molar-refractivity contribution in [1.82, 2.24) is 0 Å². The van der Waals surface area contributed by atoms with Crippen LogP contribution in [0.1, 0.15) is 218 Å². The minimum atomic E-state index is -0.842. The summed E-state index contributed by atoms with van der Waals surface area (Å²) in [6, 6.07) is 0. The Balaban J connectivity index is 0.000000138. The first-order valence-electron chi connectivity index (χ1n) is 25.3. The molecule has 0 radical (unpaired) electrons. The van der Waals surface area contributed by atoms with Gasteiger partial charge in [-0.1, -0.05) is 27.7 Å². The van der Waals surface area contributed by atoms with Gasteiger partial charge in [0.1, 0.15) is 16.8 Å². The maximum atomic E-state index is 12.6. The first-order valence-corrected chi connectivity index (χ1v) is 25.3. The van der Waals surface area contributed by atoms with E-state index in [1.54, 1.807) is 0 Å². The maximum absolute atomic E-state index is 12.6. The normalized spacial score (nSPS) is 42.6. The van der Waals surface area contributed by atoms with Crippen LogP contribution in [0.2, 0.25) is 0 Å². The lowest BCUT2D eigenvalue weighted by Gasteiger charge is -2.62. The van der Waals surface area contributed by atoms with Crippen LogP contribution in [0.4, 0.5) is 0 Å². The van der Waals surface area contributed by atoms with Gasteiger partial charge in [0, 0.05) is 24.7 Å². The largest absolute Gasteiger partial charge is 0.459 e. The zero-order valence-electron chi connectivity index (χ0n) is 40.8. The third kappa shape index (κ3) is 8.89. The molecule has 0 aromatic heterocycles. The highest BCUT2D eigenvalue weighted by molar-refractivity contribution is 5.77. The van der Waals surface area contributed by atoms with Crippen LogP contribution in [0.15, 0.2) is 0 Å². The van der Waals surface area contributed by atoms with Gasteiger partial charge in [-0.3, -0.25) is 14.4 Å². The molecule has 12 fully saturated rings. The Morgan fingerprint density at radius 3 is 1.28 bits per heavy atom. The Morgan fingerprint density at radius 2 is 0.885 bits per heavy atom. The molecule has 0 aliphatic heterocycles. The second-order valence-electron chi connectivity index (χ2n) is 25.8. The van der Waals surface area contributed by atoms with Gasteiger partial charge in [-0.05, 0) is 218 Å². The van der Waals surface area contributed by atoms with Crippen LogP contribution in [0.25, 0.3) is 0 Å². The van der Waals surface area contributed by atoms with Crippen molar-refractivity contribution < 1.29 is 38.8 Å². The van der Waals surface area contributed by atoms with E-state index in [9.17, 15) is 24.6 Å². The maximum Gasteiger partial charge on any atom is 0.312 e. The molecule has 0 spiro atoms. The van der Waals surface area contributed by atoms with E-state index in [1.807, 2.05) is 48.5 Å². The number of carbonyl (C=O) groups excluding carboxylic acids is 3. The summed E-state index contributed by atoms with van der Waals surface area (Å²) in [6.07, 6.45) is 21.9. The number of ether oxygens (including phenoxy) is 3. The molecule has 12 aliphatic rings. The van der Waals surface area contributed by atoms with Gasteiger partial charge in [0.15, 0.2) is 0 Å². The van der Waals surface area contributed by atoms with E-state index < -0.39 is 22.2 Å². The van der Waals surface area contributed by atoms with Gasteiger partial charge in [-0.25, -0.2) is 0 Å². The van der Waals surface area contributed by atoms with E-state index in [1.165, 1.54) is 70.6 Å². The minimum Gasteiger partial charge on any atom is -0.459 e.